The van der Waals surface area contributed by atoms with Crippen molar-refractivity contribution in [3.63, 3.8) is 0 Å². The molecule has 0 aromatic heterocycles. The van der Waals surface area contributed by atoms with Crippen molar-refractivity contribution in [1.29, 1.82) is 5.26 Å². The van der Waals surface area contributed by atoms with Gasteiger partial charge in [0, 0.05) is 5.41 Å². The molecule has 0 amide bonds. The van der Waals surface area contributed by atoms with Gasteiger partial charge in [0.05, 0.1) is 12.0 Å². The Balaban J connectivity index is 3.21. The lowest BCUT2D eigenvalue weighted by atomic mass is 9.64. The van der Waals surface area contributed by atoms with Crippen LogP contribution >= 0.6 is 0 Å². The molecule has 1 rings (SSSR count). The van der Waals surface area contributed by atoms with Crippen LogP contribution in [-0.4, -0.2) is 0 Å². The van der Waals surface area contributed by atoms with Crippen LogP contribution in [0.15, 0.2) is 23.6 Å². The molecule has 2 heteroatoms. The molecule has 1 aliphatic rings. The third-order valence-corrected chi connectivity index (χ3v) is 6.12. The van der Waals surface area contributed by atoms with Gasteiger partial charge in [0.25, 0.3) is 0 Å². The Bertz CT molecular complexity index is 474. The van der Waals surface area contributed by atoms with E-state index in [9.17, 15) is 5.26 Å². The van der Waals surface area contributed by atoms with Crippen molar-refractivity contribution in [1.82, 2.24) is 0 Å². The third kappa shape index (κ3) is 3.45. The number of rotatable bonds is 7. The molecule has 2 atom stereocenters. The van der Waals surface area contributed by atoms with Gasteiger partial charge >= 0.3 is 0 Å². The normalized spacial score (nSPS) is 25.7. The summed E-state index contributed by atoms with van der Waals surface area (Å²) >= 11 is 0. The Morgan fingerprint density at radius 2 is 1.82 bits per heavy atom. The van der Waals surface area contributed by atoms with Crippen LogP contribution in [-0.2, 0) is 0 Å². The Morgan fingerprint density at radius 1 is 1.27 bits per heavy atom. The van der Waals surface area contributed by atoms with Gasteiger partial charge in [-0.2, -0.15) is 5.26 Å². The largest absolute Gasteiger partial charge is 0.211 e. The van der Waals surface area contributed by atoms with E-state index < -0.39 is 5.41 Å². The summed E-state index contributed by atoms with van der Waals surface area (Å²) < 4.78 is 15.0. The molecule has 22 heavy (non-hydrogen) atoms. The minimum absolute atomic E-state index is 0.0390. The molecule has 1 aliphatic carbocycles. The van der Waals surface area contributed by atoms with E-state index in [4.69, 9.17) is 0 Å². The molecule has 124 valence electrons. The van der Waals surface area contributed by atoms with Crippen LogP contribution in [0.3, 0.4) is 0 Å². The Labute approximate surface area is 136 Å². The molecule has 1 nitrogen and oxygen atoms in total. The van der Waals surface area contributed by atoms with Crippen molar-refractivity contribution < 1.29 is 4.39 Å². The highest BCUT2D eigenvalue weighted by molar-refractivity contribution is 5.38. The lowest BCUT2D eigenvalue weighted by molar-refractivity contribution is 0.194. The van der Waals surface area contributed by atoms with Gasteiger partial charge in [-0.15, -0.1) is 0 Å². The van der Waals surface area contributed by atoms with Crippen LogP contribution in [0.1, 0.15) is 73.6 Å². The average molecular weight is 305 g/mol. The SMILES string of the molecule is CCC(CC)CC1(C)C(F)=CC(C(C)(CC)CC)=CC1C#N. The van der Waals surface area contributed by atoms with Crippen LogP contribution in [0.2, 0.25) is 0 Å². The fraction of sp³-hybridized carbons (Fsp3) is 0.750. The molecule has 0 spiro atoms. The van der Waals surface area contributed by atoms with Crippen molar-refractivity contribution >= 4 is 0 Å². The first-order valence-corrected chi connectivity index (χ1v) is 8.80. The molecule has 0 aromatic rings. The zero-order chi connectivity index (χ0) is 17.0. The molecule has 0 heterocycles. The number of hydrogen-bond donors (Lipinski definition) is 0. The average Bonchev–Trinajstić information content (AvgIpc) is 2.54. The van der Waals surface area contributed by atoms with Crippen molar-refractivity contribution in [3.05, 3.63) is 23.6 Å². The Hall–Kier alpha value is -1.10. The van der Waals surface area contributed by atoms with Crippen molar-refractivity contribution in [3.8, 4) is 6.07 Å². The second kappa shape index (κ2) is 7.44. The van der Waals surface area contributed by atoms with Crippen LogP contribution in [0.25, 0.3) is 0 Å². The molecule has 0 saturated carbocycles. The van der Waals surface area contributed by atoms with E-state index in [2.05, 4.69) is 40.7 Å². The van der Waals surface area contributed by atoms with Gasteiger partial charge < -0.3 is 0 Å². The summed E-state index contributed by atoms with van der Waals surface area (Å²) in [5, 5.41) is 9.64. The van der Waals surface area contributed by atoms with Gasteiger partial charge in [-0.05, 0) is 42.2 Å². The minimum Gasteiger partial charge on any atom is -0.211 e. The van der Waals surface area contributed by atoms with Crippen LogP contribution < -0.4 is 0 Å². The number of nitriles is 1. The van der Waals surface area contributed by atoms with Gasteiger partial charge in [-0.1, -0.05) is 60.5 Å². The van der Waals surface area contributed by atoms with Crippen molar-refractivity contribution in [2.45, 2.75) is 73.6 Å². The van der Waals surface area contributed by atoms with Crippen LogP contribution in [0.5, 0.6) is 0 Å². The zero-order valence-electron chi connectivity index (χ0n) is 15.2. The quantitative estimate of drug-likeness (QED) is 0.521. The summed E-state index contributed by atoms with van der Waals surface area (Å²) in [5.74, 6) is 0.000726. The van der Waals surface area contributed by atoms with Gasteiger partial charge in [0.2, 0.25) is 0 Å². The second-order valence-electron chi connectivity index (χ2n) is 7.29. The predicted molar refractivity (Wildman–Crippen MR) is 91.9 cm³/mol. The summed E-state index contributed by atoms with van der Waals surface area (Å²) in [6.07, 6.45) is 8.51. The van der Waals surface area contributed by atoms with E-state index in [0.29, 0.717) is 5.92 Å². The van der Waals surface area contributed by atoms with E-state index in [1.54, 1.807) is 6.08 Å². The number of halogens is 1. The molecular formula is C20H32FN. The van der Waals surface area contributed by atoms with Crippen LogP contribution in [0, 0.1) is 34.0 Å². The summed E-state index contributed by atoms with van der Waals surface area (Å²) in [4.78, 5) is 0. The summed E-state index contributed by atoms with van der Waals surface area (Å²) in [6.45, 7) is 12.7. The first kappa shape index (κ1) is 18.9. The standard InChI is InChI=1S/C20H32FN/c1-7-15(8-2)13-20(6)17(14-22)11-16(12-18(20)21)19(5,9-3)10-4/h11-12,15,17H,7-10,13H2,1-6H3. The fourth-order valence-corrected chi connectivity index (χ4v) is 3.48. The maximum Gasteiger partial charge on any atom is 0.108 e. The van der Waals surface area contributed by atoms with E-state index in [1.807, 2.05) is 13.0 Å². The molecule has 0 aliphatic heterocycles. The highest BCUT2D eigenvalue weighted by Crippen LogP contribution is 2.50. The van der Waals surface area contributed by atoms with Gasteiger partial charge in [0.15, 0.2) is 0 Å². The molecule has 0 N–H and O–H groups in total. The minimum atomic E-state index is -0.669. The van der Waals surface area contributed by atoms with E-state index in [1.165, 1.54) is 0 Å². The lowest BCUT2D eigenvalue weighted by Gasteiger charge is -2.40. The van der Waals surface area contributed by atoms with Gasteiger partial charge in [-0.3, -0.25) is 0 Å². The first-order valence-electron chi connectivity index (χ1n) is 8.80. The van der Waals surface area contributed by atoms with Crippen LogP contribution in [0.4, 0.5) is 4.39 Å². The number of nitrogens with zero attached hydrogens (tertiary/aromatic N) is 1. The van der Waals surface area contributed by atoms with E-state index in [0.717, 1.165) is 37.7 Å². The fourth-order valence-electron chi connectivity index (χ4n) is 3.48. The van der Waals surface area contributed by atoms with Gasteiger partial charge in [0.1, 0.15) is 5.83 Å². The Kier molecular flexibility index (Phi) is 6.41. The summed E-state index contributed by atoms with van der Waals surface area (Å²) in [5.41, 5.74) is 0.295. The molecule has 0 bridgehead atoms. The molecule has 0 fully saturated rings. The molecule has 2 unspecified atom stereocenters. The summed E-state index contributed by atoms with van der Waals surface area (Å²) in [6, 6.07) is 2.37. The molecule has 0 radical (unpaired) electrons. The topological polar surface area (TPSA) is 23.8 Å². The molecular weight excluding hydrogens is 273 g/mol. The highest BCUT2D eigenvalue weighted by Gasteiger charge is 2.43. The Morgan fingerprint density at radius 3 is 2.23 bits per heavy atom. The van der Waals surface area contributed by atoms with E-state index >= 15 is 4.39 Å². The third-order valence-electron chi connectivity index (χ3n) is 6.12. The molecule has 0 saturated heterocycles. The lowest BCUT2D eigenvalue weighted by Crippen LogP contribution is -2.33. The van der Waals surface area contributed by atoms with Crippen molar-refractivity contribution in [2.24, 2.45) is 22.7 Å². The molecule has 0 aromatic carbocycles. The maximum absolute atomic E-state index is 15.0. The van der Waals surface area contributed by atoms with Gasteiger partial charge in [-0.25, -0.2) is 4.39 Å². The smallest absolute Gasteiger partial charge is 0.108 e. The van der Waals surface area contributed by atoms with E-state index in [-0.39, 0.29) is 17.2 Å². The maximum atomic E-state index is 15.0. The summed E-state index contributed by atoms with van der Waals surface area (Å²) in [7, 11) is 0. The zero-order valence-corrected chi connectivity index (χ0v) is 15.2. The number of allylic oxidation sites excluding steroid dienone is 4. The van der Waals surface area contributed by atoms with Crippen molar-refractivity contribution in [2.75, 3.05) is 0 Å². The monoisotopic (exact) mass is 305 g/mol. The first-order chi connectivity index (χ1) is 10.3. The predicted octanol–water partition coefficient (Wildman–Crippen LogP) is 6.58. The second-order valence-corrected chi connectivity index (χ2v) is 7.29. The highest BCUT2D eigenvalue weighted by atomic mass is 19.1. The number of hydrogen-bond acceptors (Lipinski definition) is 1.